The number of unbranched alkanes of at least 4 members (excludes halogenated alkanes) is 23. The molecule has 5 heteroatoms. The molecule has 0 rings (SSSR count). The van der Waals surface area contributed by atoms with Crippen LogP contribution in [-0.2, 0) is 23.8 Å². The van der Waals surface area contributed by atoms with E-state index in [0.717, 1.165) is 51.4 Å². The van der Waals surface area contributed by atoms with E-state index in [1.165, 1.54) is 128 Å². The maximum absolute atomic E-state index is 12.6. The Labute approximate surface area is 298 Å². The van der Waals surface area contributed by atoms with Gasteiger partial charge in [-0.25, -0.2) is 0 Å². The first-order chi connectivity index (χ1) is 23.6. The zero-order valence-corrected chi connectivity index (χ0v) is 32.3. The summed E-state index contributed by atoms with van der Waals surface area (Å²) in [7, 11) is 0. The molecule has 0 N–H and O–H groups in total. The van der Waals surface area contributed by atoms with Crippen molar-refractivity contribution < 1.29 is 23.8 Å². The molecule has 0 saturated heterocycles. The predicted molar refractivity (Wildman–Crippen MR) is 205 cm³/mol. The molecule has 0 amide bonds. The Hall–Kier alpha value is -1.62. The normalized spacial score (nSPS) is 12.3. The first-order valence-electron chi connectivity index (χ1n) is 20.9. The summed E-state index contributed by atoms with van der Waals surface area (Å²) in [5.41, 5.74) is 0. The third kappa shape index (κ3) is 37.2. The lowest BCUT2D eigenvalue weighted by Gasteiger charge is -2.18. The van der Waals surface area contributed by atoms with Gasteiger partial charge in [-0.3, -0.25) is 9.59 Å². The Kier molecular flexibility index (Phi) is 38.5. The van der Waals surface area contributed by atoms with Gasteiger partial charge in [0.15, 0.2) is 6.10 Å². The molecule has 282 valence electrons. The second-order valence-electron chi connectivity index (χ2n) is 13.9. The number of carbonyl (C=O) groups is 2. The van der Waals surface area contributed by atoms with Crippen molar-refractivity contribution in [2.24, 2.45) is 0 Å². The summed E-state index contributed by atoms with van der Waals surface area (Å²) >= 11 is 0. The van der Waals surface area contributed by atoms with Crippen LogP contribution in [0.3, 0.4) is 0 Å². The van der Waals surface area contributed by atoms with Gasteiger partial charge < -0.3 is 14.2 Å². The minimum absolute atomic E-state index is 0.0825. The van der Waals surface area contributed by atoms with Gasteiger partial charge in [-0.1, -0.05) is 161 Å². The van der Waals surface area contributed by atoms with Crippen molar-refractivity contribution >= 4 is 11.9 Å². The summed E-state index contributed by atoms with van der Waals surface area (Å²) < 4.78 is 17.2. The van der Waals surface area contributed by atoms with Crippen molar-refractivity contribution in [1.29, 1.82) is 0 Å². The van der Waals surface area contributed by atoms with Gasteiger partial charge in [-0.05, 0) is 64.2 Å². The van der Waals surface area contributed by atoms with Crippen LogP contribution in [0.1, 0.15) is 213 Å². The molecule has 0 heterocycles. The van der Waals surface area contributed by atoms with E-state index in [9.17, 15) is 9.59 Å². The fraction of sp³-hybridized carbons (Fsp3) is 0.860. The summed E-state index contributed by atoms with van der Waals surface area (Å²) in [6, 6.07) is 0. The molecule has 0 aliphatic carbocycles. The fourth-order valence-electron chi connectivity index (χ4n) is 5.78. The number of hydrogen-bond acceptors (Lipinski definition) is 5. The Balaban J connectivity index is 4.18. The van der Waals surface area contributed by atoms with E-state index in [-0.39, 0.29) is 25.2 Å². The van der Waals surface area contributed by atoms with Gasteiger partial charge in [-0.2, -0.15) is 0 Å². The van der Waals surface area contributed by atoms with Gasteiger partial charge in [-0.15, -0.1) is 0 Å². The molecule has 0 bridgehead atoms. The van der Waals surface area contributed by atoms with Crippen molar-refractivity contribution in [3.63, 3.8) is 0 Å². The van der Waals surface area contributed by atoms with E-state index in [2.05, 4.69) is 45.1 Å². The summed E-state index contributed by atoms with van der Waals surface area (Å²) in [5, 5.41) is 0. The lowest BCUT2D eigenvalue weighted by atomic mass is 10.1. The second-order valence-corrected chi connectivity index (χ2v) is 13.9. The highest BCUT2D eigenvalue weighted by Gasteiger charge is 2.17. The molecule has 1 atom stereocenters. The summed E-state index contributed by atoms with van der Waals surface area (Å²) in [6.45, 7) is 7.73. The Bertz CT molecular complexity index is 731. The van der Waals surface area contributed by atoms with Crippen LogP contribution in [0.15, 0.2) is 24.3 Å². The molecule has 0 aromatic heterocycles. The SMILES string of the molecule is CCCC/C=C\CCCCCCCC(=O)OCC(COCCCCCCCC/C=C\CCCCCC)OC(=O)CCCCCCCCC. The second kappa shape index (κ2) is 39.8. The maximum atomic E-state index is 12.6. The average molecular weight is 677 g/mol. The third-order valence-corrected chi connectivity index (χ3v) is 8.96. The van der Waals surface area contributed by atoms with Crippen molar-refractivity contribution in [1.82, 2.24) is 0 Å². The minimum Gasteiger partial charge on any atom is -0.462 e. The van der Waals surface area contributed by atoms with Crippen LogP contribution in [0.5, 0.6) is 0 Å². The first-order valence-corrected chi connectivity index (χ1v) is 20.9. The van der Waals surface area contributed by atoms with E-state index in [0.29, 0.717) is 19.4 Å². The molecule has 0 aromatic rings. The first kappa shape index (κ1) is 46.4. The van der Waals surface area contributed by atoms with Crippen LogP contribution in [-0.4, -0.2) is 37.9 Å². The molecule has 0 aliphatic rings. The molecular formula is C43H80O5. The van der Waals surface area contributed by atoms with E-state index in [4.69, 9.17) is 14.2 Å². The van der Waals surface area contributed by atoms with Crippen LogP contribution < -0.4 is 0 Å². The van der Waals surface area contributed by atoms with Crippen LogP contribution >= 0.6 is 0 Å². The quantitative estimate of drug-likeness (QED) is 0.0370. The smallest absolute Gasteiger partial charge is 0.306 e. The topological polar surface area (TPSA) is 61.8 Å². The van der Waals surface area contributed by atoms with E-state index < -0.39 is 6.10 Å². The average Bonchev–Trinajstić information content (AvgIpc) is 3.08. The summed E-state index contributed by atoms with van der Waals surface area (Å²) in [4.78, 5) is 25.0. The van der Waals surface area contributed by atoms with E-state index in [1.807, 2.05) is 0 Å². The van der Waals surface area contributed by atoms with Gasteiger partial charge in [0.25, 0.3) is 0 Å². The highest BCUT2D eigenvalue weighted by molar-refractivity contribution is 5.70. The van der Waals surface area contributed by atoms with Crippen LogP contribution in [0.4, 0.5) is 0 Å². The third-order valence-electron chi connectivity index (χ3n) is 8.96. The summed E-state index contributed by atoms with van der Waals surface area (Å²) in [5.74, 6) is -0.413. The van der Waals surface area contributed by atoms with Crippen molar-refractivity contribution in [2.45, 2.75) is 219 Å². The number of esters is 2. The molecule has 1 unspecified atom stereocenters. The molecule has 0 spiro atoms. The molecular weight excluding hydrogens is 596 g/mol. The lowest BCUT2D eigenvalue weighted by Crippen LogP contribution is -2.30. The lowest BCUT2D eigenvalue weighted by molar-refractivity contribution is -0.163. The van der Waals surface area contributed by atoms with E-state index in [1.54, 1.807) is 0 Å². The van der Waals surface area contributed by atoms with Gasteiger partial charge in [0.05, 0.1) is 6.61 Å². The van der Waals surface area contributed by atoms with Gasteiger partial charge in [0.1, 0.15) is 6.61 Å². The van der Waals surface area contributed by atoms with Crippen molar-refractivity contribution in [3.8, 4) is 0 Å². The highest BCUT2D eigenvalue weighted by Crippen LogP contribution is 2.13. The van der Waals surface area contributed by atoms with Crippen LogP contribution in [0, 0.1) is 0 Å². The molecule has 0 saturated carbocycles. The van der Waals surface area contributed by atoms with Crippen LogP contribution in [0.2, 0.25) is 0 Å². The Morgan fingerprint density at radius 2 is 0.833 bits per heavy atom. The van der Waals surface area contributed by atoms with Crippen molar-refractivity contribution in [2.75, 3.05) is 19.8 Å². The molecule has 0 radical (unpaired) electrons. The number of rotatable bonds is 38. The Morgan fingerprint density at radius 3 is 1.35 bits per heavy atom. The standard InChI is InChI=1S/C43H80O5/c1-4-7-10-13-16-18-20-21-22-24-26-29-32-35-38-46-39-41(48-43(45)37-34-31-27-15-12-9-6-3)40-47-42(44)36-33-30-28-25-23-19-17-14-11-8-5-2/h14,17-18,20,41H,4-13,15-16,19,21-40H2,1-3H3/b17-14-,20-18-. The number of hydrogen-bond donors (Lipinski definition) is 0. The number of allylic oxidation sites excluding steroid dienone is 4. The largest absolute Gasteiger partial charge is 0.462 e. The molecule has 0 fully saturated rings. The molecule has 0 aliphatic heterocycles. The summed E-state index contributed by atoms with van der Waals surface area (Å²) in [6.07, 6.45) is 43.2. The fourth-order valence-corrected chi connectivity index (χ4v) is 5.78. The molecule has 5 nitrogen and oxygen atoms in total. The minimum atomic E-state index is -0.531. The molecule has 48 heavy (non-hydrogen) atoms. The zero-order chi connectivity index (χ0) is 35.0. The van der Waals surface area contributed by atoms with Gasteiger partial charge >= 0.3 is 11.9 Å². The number of ether oxygens (including phenoxy) is 3. The number of carbonyl (C=O) groups excluding carboxylic acids is 2. The highest BCUT2D eigenvalue weighted by atomic mass is 16.6. The van der Waals surface area contributed by atoms with E-state index >= 15 is 0 Å². The van der Waals surface area contributed by atoms with Gasteiger partial charge in [0, 0.05) is 19.4 Å². The monoisotopic (exact) mass is 677 g/mol. The zero-order valence-electron chi connectivity index (χ0n) is 32.3. The van der Waals surface area contributed by atoms with Crippen LogP contribution in [0.25, 0.3) is 0 Å². The van der Waals surface area contributed by atoms with Crippen molar-refractivity contribution in [3.05, 3.63) is 24.3 Å². The predicted octanol–water partition coefficient (Wildman–Crippen LogP) is 13.3. The Morgan fingerprint density at radius 1 is 0.438 bits per heavy atom. The maximum Gasteiger partial charge on any atom is 0.306 e. The van der Waals surface area contributed by atoms with Gasteiger partial charge in [0.2, 0.25) is 0 Å². The molecule has 0 aromatic carbocycles.